The highest BCUT2D eigenvalue weighted by atomic mass is 35.5. The minimum atomic E-state index is -0.588. The molecule has 1 saturated heterocycles. The number of ether oxygens (including phenoxy) is 1. The molecule has 1 heterocycles. The molecule has 0 radical (unpaired) electrons. The molecule has 1 unspecified atom stereocenters. The van der Waals surface area contributed by atoms with E-state index in [0.29, 0.717) is 23.9 Å². The van der Waals surface area contributed by atoms with Crippen molar-refractivity contribution in [3.63, 3.8) is 0 Å². The third-order valence-electron chi connectivity index (χ3n) is 2.69. The van der Waals surface area contributed by atoms with Crippen molar-refractivity contribution < 1.29 is 9.66 Å². The lowest BCUT2D eigenvalue weighted by Crippen LogP contribution is -2.42. The number of rotatable bonds is 2. The van der Waals surface area contributed by atoms with Crippen LogP contribution >= 0.6 is 11.6 Å². The highest BCUT2D eigenvalue weighted by molar-refractivity contribution is 6.33. The van der Waals surface area contributed by atoms with Crippen LogP contribution in [0.25, 0.3) is 0 Å². The van der Waals surface area contributed by atoms with E-state index in [0.717, 1.165) is 0 Å². The molecule has 0 saturated carbocycles. The first-order chi connectivity index (χ1) is 8.63. The van der Waals surface area contributed by atoms with Gasteiger partial charge in [-0.05, 0) is 6.07 Å². The number of para-hydroxylation sites is 1. The second-order valence-corrected chi connectivity index (χ2v) is 4.21. The highest BCUT2D eigenvalue weighted by Gasteiger charge is 2.27. The zero-order valence-corrected chi connectivity index (χ0v) is 10.1. The molecule has 0 amide bonds. The summed E-state index contributed by atoms with van der Waals surface area (Å²) in [7, 11) is 0. The Labute approximate surface area is 108 Å². The van der Waals surface area contributed by atoms with Crippen molar-refractivity contribution in [2.45, 2.75) is 6.10 Å². The van der Waals surface area contributed by atoms with Gasteiger partial charge in [-0.1, -0.05) is 17.7 Å². The zero-order chi connectivity index (χ0) is 13.1. The first-order valence-electron chi connectivity index (χ1n) is 5.32. The van der Waals surface area contributed by atoms with E-state index in [9.17, 15) is 10.1 Å². The molecular formula is C11H10ClN3O3. The Hall–Kier alpha value is -1.84. The molecule has 0 spiro atoms. The number of nitro groups is 1. The Kier molecular flexibility index (Phi) is 3.65. The fourth-order valence-corrected chi connectivity index (χ4v) is 2.18. The Bertz CT molecular complexity index is 515. The Balaban J connectivity index is 2.38. The minimum absolute atomic E-state index is 0.0545. The molecule has 1 aromatic carbocycles. The van der Waals surface area contributed by atoms with Crippen LogP contribution < -0.4 is 4.90 Å². The summed E-state index contributed by atoms with van der Waals surface area (Å²) in [6.45, 7) is 1.10. The molecule has 94 valence electrons. The molecule has 0 aromatic heterocycles. The van der Waals surface area contributed by atoms with Crippen molar-refractivity contribution in [2.24, 2.45) is 0 Å². The molecule has 0 aliphatic carbocycles. The van der Waals surface area contributed by atoms with Crippen LogP contribution in [0.1, 0.15) is 0 Å². The Morgan fingerprint density at radius 3 is 3.06 bits per heavy atom. The quantitative estimate of drug-likeness (QED) is 0.605. The lowest BCUT2D eigenvalue weighted by Gasteiger charge is -2.31. The topological polar surface area (TPSA) is 79.4 Å². The van der Waals surface area contributed by atoms with Crippen molar-refractivity contribution in [3.05, 3.63) is 33.3 Å². The number of nitro benzene ring substituents is 1. The molecule has 1 atom stereocenters. The van der Waals surface area contributed by atoms with Gasteiger partial charge in [0.25, 0.3) is 5.69 Å². The van der Waals surface area contributed by atoms with Crippen LogP contribution in [-0.4, -0.2) is 30.7 Å². The summed E-state index contributed by atoms with van der Waals surface area (Å²) in [6, 6.07) is 6.53. The van der Waals surface area contributed by atoms with Gasteiger partial charge < -0.3 is 9.64 Å². The van der Waals surface area contributed by atoms with Gasteiger partial charge in [0.05, 0.1) is 29.2 Å². The number of nitrogens with zero attached hydrogens (tertiary/aromatic N) is 3. The van der Waals surface area contributed by atoms with E-state index in [1.165, 1.54) is 12.1 Å². The van der Waals surface area contributed by atoms with Gasteiger partial charge in [-0.15, -0.1) is 0 Å². The molecule has 0 bridgehead atoms. The van der Waals surface area contributed by atoms with E-state index < -0.39 is 11.0 Å². The number of nitriles is 1. The monoisotopic (exact) mass is 267 g/mol. The summed E-state index contributed by atoms with van der Waals surface area (Å²) in [5, 5.41) is 20.1. The number of halogens is 1. The van der Waals surface area contributed by atoms with Gasteiger partial charge in [-0.3, -0.25) is 10.1 Å². The van der Waals surface area contributed by atoms with Crippen LogP contribution in [-0.2, 0) is 4.74 Å². The molecule has 2 rings (SSSR count). The second-order valence-electron chi connectivity index (χ2n) is 3.80. The van der Waals surface area contributed by atoms with Crippen LogP contribution in [0.3, 0.4) is 0 Å². The average Bonchev–Trinajstić information content (AvgIpc) is 2.38. The standard InChI is InChI=1S/C11H10ClN3O3/c12-9-2-1-3-10(15(16)17)11(9)14-4-5-18-8(6-13)7-14/h1-3,8H,4-5,7H2. The zero-order valence-electron chi connectivity index (χ0n) is 9.38. The fourth-order valence-electron chi connectivity index (χ4n) is 1.89. The summed E-state index contributed by atoms with van der Waals surface area (Å²) in [4.78, 5) is 12.2. The number of morpholine rings is 1. The van der Waals surface area contributed by atoms with Gasteiger partial charge in [-0.25, -0.2) is 0 Å². The summed E-state index contributed by atoms with van der Waals surface area (Å²) >= 11 is 6.03. The van der Waals surface area contributed by atoms with Crippen molar-refractivity contribution in [1.29, 1.82) is 5.26 Å². The molecule has 0 N–H and O–H groups in total. The maximum absolute atomic E-state index is 11.0. The molecule has 1 aliphatic rings. The summed E-state index contributed by atoms with van der Waals surface area (Å²) in [6.07, 6.45) is -0.588. The Morgan fingerprint density at radius 1 is 1.61 bits per heavy atom. The highest BCUT2D eigenvalue weighted by Crippen LogP contribution is 2.36. The first kappa shape index (κ1) is 12.6. The second kappa shape index (κ2) is 5.21. The molecule has 1 fully saturated rings. The third-order valence-corrected chi connectivity index (χ3v) is 2.99. The summed E-state index contributed by atoms with van der Waals surface area (Å²) in [5.74, 6) is 0. The largest absolute Gasteiger partial charge is 0.360 e. The van der Waals surface area contributed by atoms with Crippen molar-refractivity contribution in [3.8, 4) is 6.07 Å². The number of anilines is 1. The Morgan fingerprint density at radius 2 is 2.39 bits per heavy atom. The SMILES string of the molecule is N#CC1CN(c2c(Cl)cccc2[N+](=O)[O-])CCO1. The molecule has 18 heavy (non-hydrogen) atoms. The van der Waals surface area contributed by atoms with Gasteiger partial charge in [0.15, 0.2) is 6.10 Å². The van der Waals surface area contributed by atoms with Crippen molar-refractivity contribution in [1.82, 2.24) is 0 Å². The van der Waals surface area contributed by atoms with Crippen LogP contribution in [0, 0.1) is 21.4 Å². The molecule has 1 aromatic rings. The maximum atomic E-state index is 11.0. The van der Waals surface area contributed by atoms with Crippen LogP contribution in [0.2, 0.25) is 5.02 Å². The van der Waals surface area contributed by atoms with E-state index in [2.05, 4.69) is 0 Å². The predicted octanol–water partition coefficient (Wildman–Crippen LogP) is 1.98. The lowest BCUT2D eigenvalue weighted by atomic mass is 10.2. The van der Waals surface area contributed by atoms with Gasteiger partial charge in [0.1, 0.15) is 5.69 Å². The first-order valence-corrected chi connectivity index (χ1v) is 5.70. The summed E-state index contributed by atoms with van der Waals surface area (Å²) in [5.41, 5.74) is 0.300. The van der Waals surface area contributed by atoms with Crippen molar-refractivity contribution >= 4 is 23.0 Å². The van der Waals surface area contributed by atoms with Gasteiger partial charge in [-0.2, -0.15) is 5.26 Å². The van der Waals surface area contributed by atoms with E-state index in [-0.39, 0.29) is 12.2 Å². The molecule has 1 aliphatic heterocycles. The molecular weight excluding hydrogens is 258 g/mol. The minimum Gasteiger partial charge on any atom is -0.360 e. The van der Waals surface area contributed by atoms with Gasteiger partial charge in [0, 0.05) is 12.6 Å². The van der Waals surface area contributed by atoms with E-state index in [1.54, 1.807) is 11.0 Å². The van der Waals surface area contributed by atoms with E-state index >= 15 is 0 Å². The van der Waals surface area contributed by atoms with E-state index in [4.69, 9.17) is 21.6 Å². The molecule has 6 nitrogen and oxygen atoms in total. The van der Waals surface area contributed by atoms with Crippen molar-refractivity contribution in [2.75, 3.05) is 24.6 Å². The van der Waals surface area contributed by atoms with Crippen LogP contribution in [0.4, 0.5) is 11.4 Å². The van der Waals surface area contributed by atoms with Gasteiger partial charge in [0.2, 0.25) is 0 Å². The predicted molar refractivity (Wildman–Crippen MR) is 65.7 cm³/mol. The van der Waals surface area contributed by atoms with Gasteiger partial charge >= 0.3 is 0 Å². The maximum Gasteiger partial charge on any atom is 0.294 e. The number of hydrogen-bond acceptors (Lipinski definition) is 5. The average molecular weight is 268 g/mol. The van der Waals surface area contributed by atoms with Crippen LogP contribution in [0.5, 0.6) is 0 Å². The molecule has 7 heteroatoms. The number of benzene rings is 1. The normalized spacial score (nSPS) is 19.3. The third kappa shape index (κ3) is 2.37. The smallest absolute Gasteiger partial charge is 0.294 e. The fraction of sp³-hybridized carbons (Fsp3) is 0.364. The summed E-state index contributed by atoms with van der Waals surface area (Å²) < 4.78 is 5.20. The van der Waals surface area contributed by atoms with Crippen LogP contribution in [0.15, 0.2) is 18.2 Å². The lowest BCUT2D eigenvalue weighted by molar-refractivity contribution is -0.384. The van der Waals surface area contributed by atoms with E-state index in [1.807, 2.05) is 6.07 Å². The number of hydrogen-bond donors (Lipinski definition) is 0.